The first-order chi connectivity index (χ1) is 19.4. The number of benzene rings is 1. The van der Waals surface area contributed by atoms with Crippen molar-refractivity contribution in [1.29, 1.82) is 0 Å². The van der Waals surface area contributed by atoms with Crippen molar-refractivity contribution in [2.45, 2.75) is 52.0 Å². The van der Waals surface area contributed by atoms with E-state index in [0.29, 0.717) is 64.0 Å². The van der Waals surface area contributed by atoms with Crippen molar-refractivity contribution >= 4 is 11.8 Å². The Hall–Kier alpha value is -2.82. The molecular formula is C30H44N6O4. The van der Waals surface area contributed by atoms with Crippen LogP contribution in [0.25, 0.3) is 5.69 Å². The summed E-state index contributed by atoms with van der Waals surface area (Å²) < 4.78 is 12.5. The van der Waals surface area contributed by atoms with Crippen LogP contribution in [0.4, 0.5) is 0 Å². The van der Waals surface area contributed by atoms with Crippen LogP contribution in [0, 0.1) is 17.3 Å². The fourth-order valence-electron chi connectivity index (χ4n) is 6.41. The second-order valence-electron chi connectivity index (χ2n) is 12.0. The highest BCUT2D eigenvalue weighted by Crippen LogP contribution is 2.55. The summed E-state index contributed by atoms with van der Waals surface area (Å²) in [6.07, 6.45) is 4.18. The molecule has 0 radical (unpaired) electrons. The zero-order chi connectivity index (χ0) is 28.1. The smallest absolute Gasteiger partial charge is 0.276 e. The molecule has 3 atom stereocenters. The Kier molecular flexibility index (Phi) is 9.17. The maximum atomic E-state index is 14.3. The van der Waals surface area contributed by atoms with Gasteiger partial charge >= 0.3 is 0 Å². The predicted molar refractivity (Wildman–Crippen MR) is 151 cm³/mol. The fraction of sp³-hybridized carbons (Fsp3) is 0.667. The lowest BCUT2D eigenvalue weighted by molar-refractivity contribution is -0.141. The van der Waals surface area contributed by atoms with Crippen LogP contribution in [0.2, 0.25) is 0 Å². The van der Waals surface area contributed by atoms with Crippen molar-refractivity contribution in [3.63, 3.8) is 0 Å². The largest absolute Gasteiger partial charge is 0.385 e. The van der Waals surface area contributed by atoms with E-state index < -0.39 is 0 Å². The SMILES string of the molecule is COCCCCc1c(C(=O)N(CC(C)C)C2CC23CNC[C@H](C(=O)N2CCOCC2)C3)nnn1-c1ccccc1. The van der Waals surface area contributed by atoms with Gasteiger partial charge < -0.3 is 24.6 Å². The molecule has 3 aliphatic rings. The van der Waals surface area contributed by atoms with E-state index >= 15 is 0 Å². The van der Waals surface area contributed by atoms with E-state index in [0.717, 1.165) is 43.6 Å². The summed E-state index contributed by atoms with van der Waals surface area (Å²) in [5.74, 6) is 0.397. The van der Waals surface area contributed by atoms with Gasteiger partial charge in [-0.05, 0) is 50.2 Å². The van der Waals surface area contributed by atoms with Gasteiger partial charge in [-0.25, -0.2) is 4.68 Å². The van der Waals surface area contributed by atoms with Gasteiger partial charge in [0.2, 0.25) is 5.91 Å². The lowest BCUT2D eigenvalue weighted by Gasteiger charge is -2.36. The molecule has 10 nitrogen and oxygen atoms in total. The van der Waals surface area contributed by atoms with Gasteiger partial charge in [-0.2, -0.15) is 0 Å². The van der Waals surface area contributed by atoms with Crippen LogP contribution in [0.5, 0.6) is 0 Å². The molecule has 2 aromatic rings. The Bertz CT molecular complexity index is 1150. The van der Waals surface area contributed by atoms with Crippen molar-refractivity contribution < 1.29 is 19.1 Å². The van der Waals surface area contributed by atoms with Crippen molar-refractivity contribution in [1.82, 2.24) is 30.1 Å². The molecule has 3 heterocycles. The van der Waals surface area contributed by atoms with Crippen molar-refractivity contribution in [3.8, 4) is 5.69 Å². The van der Waals surface area contributed by atoms with Gasteiger partial charge in [0.25, 0.3) is 5.91 Å². The predicted octanol–water partition coefficient (Wildman–Crippen LogP) is 2.56. The summed E-state index contributed by atoms with van der Waals surface area (Å²) in [5, 5.41) is 12.5. The lowest BCUT2D eigenvalue weighted by Crippen LogP contribution is -2.51. The molecular weight excluding hydrogens is 508 g/mol. The number of methoxy groups -OCH3 is 1. The molecule has 2 unspecified atom stereocenters. The topological polar surface area (TPSA) is 102 Å². The van der Waals surface area contributed by atoms with E-state index in [1.54, 1.807) is 7.11 Å². The maximum absolute atomic E-state index is 14.3. The zero-order valence-corrected chi connectivity index (χ0v) is 24.2. The molecule has 1 N–H and O–H groups in total. The average Bonchev–Trinajstić information content (AvgIpc) is 3.47. The molecule has 1 saturated carbocycles. The second kappa shape index (κ2) is 12.8. The Balaban J connectivity index is 1.37. The number of amides is 2. The van der Waals surface area contributed by atoms with Gasteiger partial charge in [-0.3, -0.25) is 9.59 Å². The number of rotatable bonds is 11. The molecule has 2 saturated heterocycles. The van der Waals surface area contributed by atoms with Crippen molar-refractivity contribution in [2.75, 3.05) is 59.7 Å². The second-order valence-corrected chi connectivity index (χ2v) is 12.0. The van der Waals surface area contributed by atoms with Gasteiger partial charge in [-0.15, -0.1) is 5.10 Å². The summed E-state index contributed by atoms with van der Waals surface area (Å²) in [7, 11) is 1.71. The Morgan fingerprint density at radius 2 is 1.95 bits per heavy atom. The number of carbonyl (C=O) groups is 2. The van der Waals surface area contributed by atoms with Crippen LogP contribution in [-0.2, 0) is 20.7 Å². The monoisotopic (exact) mass is 552 g/mol. The standard InChI is InChI=1S/C30H44N6O4/c1-22(2)20-35(26-18-30(26)17-23(19-31-21-30)28(37)34-12-15-40-16-13-34)29(38)27-25(11-7-8-14-39-3)36(33-32-27)24-9-5-4-6-10-24/h4-6,9-10,22-23,26,31H,7-8,11-21H2,1-3H3/t23-,26?,30?/m1/s1. The number of hydrogen-bond acceptors (Lipinski definition) is 7. The van der Waals surface area contributed by atoms with Crippen molar-refractivity contribution in [2.24, 2.45) is 17.3 Å². The van der Waals surface area contributed by atoms with Crippen LogP contribution in [0.15, 0.2) is 30.3 Å². The number of ether oxygens (including phenoxy) is 2. The minimum atomic E-state index is -0.0799. The number of aromatic nitrogens is 3. The van der Waals surface area contributed by atoms with E-state index in [1.807, 2.05) is 44.8 Å². The summed E-state index contributed by atoms with van der Waals surface area (Å²) >= 11 is 0. The summed E-state index contributed by atoms with van der Waals surface area (Å²) in [6.45, 7) is 9.67. The molecule has 1 spiro atoms. The first-order valence-electron chi connectivity index (χ1n) is 14.8. The van der Waals surface area contributed by atoms with E-state index in [4.69, 9.17) is 9.47 Å². The number of para-hydroxylation sites is 1. The average molecular weight is 553 g/mol. The molecule has 2 amide bonds. The maximum Gasteiger partial charge on any atom is 0.276 e. The first kappa shape index (κ1) is 28.7. The number of unbranched alkanes of at least 4 members (excludes halogenated alkanes) is 1. The minimum Gasteiger partial charge on any atom is -0.385 e. The molecule has 1 aromatic carbocycles. The lowest BCUT2D eigenvalue weighted by atomic mass is 9.86. The Morgan fingerprint density at radius 3 is 2.67 bits per heavy atom. The molecule has 0 bridgehead atoms. The third-order valence-corrected chi connectivity index (χ3v) is 8.52. The highest BCUT2D eigenvalue weighted by Gasteiger charge is 2.60. The number of piperidine rings is 1. The van der Waals surface area contributed by atoms with E-state index in [9.17, 15) is 9.59 Å². The molecule has 10 heteroatoms. The molecule has 40 heavy (non-hydrogen) atoms. The first-order valence-corrected chi connectivity index (χ1v) is 14.8. The fourth-order valence-corrected chi connectivity index (χ4v) is 6.41. The normalized spacial score (nSPS) is 24.4. The van der Waals surface area contributed by atoms with Crippen LogP contribution < -0.4 is 5.32 Å². The van der Waals surface area contributed by atoms with Gasteiger partial charge in [-0.1, -0.05) is 37.3 Å². The minimum absolute atomic E-state index is 0.0545. The Labute approximate surface area is 237 Å². The number of nitrogens with one attached hydrogen (secondary N) is 1. The zero-order valence-electron chi connectivity index (χ0n) is 24.2. The molecule has 3 fully saturated rings. The van der Waals surface area contributed by atoms with Crippen molar-refractivity contribution in [3.05, 3.63) is 41.7 Å². The number of hydrogen-bond donors (Lipinski definition) is 1. The number of nitrogens with zero attached hydrogens (tertiary/aromatic N) is 5. The molecule has 1 aromatic heterocycles. The highest BCUT2D eigenvalue weighted by atomic mass is 16.5. The third-order valence-electron chi connectivity index (χ3n) is 8.52. The van der Waals surface area contributed by atoms with Crippen LogP contribution >= 0.6 is 0 Å². The van der Waals surface area contributed by atoms with Gasteiger partial charge in [0.15, 0.2) is 5.69 Å². The number of morpholine rings is 1. The van der Waals surface area contributed by atoms with E-state index in [-0.39, 0.29) is 29.2 Å². The summed E-state index contributed by atoms with van der Waals surface area (Å²) in [6, 6.07) is 9.97. The molecule has 2 aliphatic heterocycles. The van der Waals surface area contributed by atoms with Crippen LogP contribution in [-0.4, -0.2) is 102 Å². The summed E-state index contributed by atoms with van der Waals surface area (Å²) in [4.78, 5) is 31.6. The molecule has 5 rings (SSSR count). The summed E-state index contributed by atoms with van der Waals surface area (Å²) in [5.41, 5.74) is 2.10. The van der Waals surface area contributed by atoms with E-state index in [2.05, 4.69) is 29.5 Å². The van der Waals surface area contributed by atoms with E-state index in [1.165, 1.54) is 0 Å². The van der Waals surface area contributed by atoms with Gasteiger partial charge in [0.1, 0.15) is 0 Å². The van der Waals surface area contributed by atoms with Gasteiger partial charge in [0.05, 0.1) is 30.5 Å². The van der Waals surface area contributed by atoms with Crippen LogP contribution in [0.3, 0.4) is 0 Å². The number of carbonyl (C=O) groups excluding carboxylic acids is 2. The molecule has 218 valence electrons. The van der Waals surface area contributed by atoms with Gasteiger partial charge in [0, 0.05) is 57.9 Å². The quantitative estimate of drug-likeness (QED) is 0.428. The van der Waals surface area contributed by atoms with Crippen LogP contribution in [0.1, 0.15) is 55.7 Å². The third kappa shape index (κ3) is 6.24. The molecule has 1 aliphatic carbocycles. The highest BCUT2D eigenvalue weighted by molar-refractivity contribution is 5.94. The Morgan fingerprint density at radius 1 is 1.18 bits per heavy atom.